The first-order valence-electron chi connectivity index (χ1n) is 9.73. The van der Waals surface area contributed by atoms with Gasteiger partial charge in [-0.3, -0.25) is 4.79 Å². The molecule has 5 nitrogen and oxygen atoms in total. The third-order valence-electron chi connectivity index (χ3n) is 5.25. The molecule has 0 saturated heterocycles. The van der Waals surface area contributed by atoms with Crippen LogP contribution in [0.5, 0.6) is 0 Å². The molecule has 2 aromatic carbocycles. The summed E-state index contributed by atoms with van der Waals surface area (Å²) >= 11 is 0. The molecule has 2 heterocycles. The van der Waals surface area contributed by atoms with Gasteiger partial charge in [0, 0.05) is 42.1 Å². The maximum absolute atomic E-state index is 13.4. The van der Waals surface area contributed by atoms with Gasteiger partial charge in [-0.05, 0) is 67.9 Å². The largest absolute Gasteiger partial charge is 0.338 e. The van der Waals surface area contributed by atoms with Gasteiger partial charge in [-0.15, -0.1) is 0 Å². The number of aryl methyl sites for hydroxylation is 3. The number of amides is 1. The summed E-state index contributed by atoms with van der Waals surface area (Å²) in [6.45, 7) is 4.10. The maximum atomic E-state index is 13.4. The van der Waals surface area contributed by atoms with Crippen molar-refractivity contribution in [3.63, 3.8) is 0 Å². The highest BCUT2D eigenvalue weighted by Crippen LogP contribution is 2.22. The number of carbonyl (C=O) groups is 1. The van der Waals surface area contributed by atoms with Crippen molar-refractivity contribution in [3.05, 3.63) is 107 Å². The summed E-state index contributed by atoms with van der Waals surface area (Å²) in [5.74, 6) is 0.125. The molecule has 0 radical (unpaired) electrons. The average Bonchev–Trinajstić information content (AvgIpc) is 3.31. The predicted octanol–water partition coefficient (Wildman–Crippen LogP) is 4.49. The number of hydrogen-bond donors (Lipinski definition) is 1. The van der Waals surface area contributed by atoms with Crippen molar-refractivity contribution in [1.29, 1.82) is 0 Å². The Kier molecular flexibility index (Phi) is 5.23. The molecule has 2 aromatic heterocycles. The lowest BCUT2D eigenvalue weighted by atomic mass is 10.0. The monoisotopic (exact) mass is 402 g/mol. The molecule has 0 fully saturated rings. The van der Waals surface area contributed by atoms with Crippen molar-refractivity contribution < 1.29 is 9.18 Å². The second kappa shape index (κ2) is 7.99. The zero-order valence-corrected chi connectivity index (χ0v) is 17.1. The molecule has 1 atom stereocenters. The van der Waals surface area contributed by atoms with E-state index in [1.807, 2.05) is 55.9 Å². The normalized spacial score (nSPS) is 12.0. The minimum absolute atomic E-state index is 0.222. The lowest BCUT2D eigenvalue weighted by Crippen LogP contribution is -2.31. The summed E-state index contributed by atoms with van der Waals surface area (Å²) in [5.41, 5.74) is 4.58. The number of rotatable bonds is 5. The highest BCUT2D eigenvalue weighted by atomic mass is 19.1. The van der Waals surface area contributed by atoms with Crippen LogP contribution in [0.1, 0.15) is 39.2 Å². The molecule has 152 valence electrons. The SMILES string of the molecule is Cc1ccc(C)n1-c1ccc(C(=O)N[C@@H](c2ccc(F)cc2)c2nccn2C)cc1. The van der Waals surface area contributed by atoms with Gasteiger partial charge in [0.15, 0.2) is 0 Å². The number of hydrogen-bond acceptors (Lipinski definition) is 2. The second-order valence-electron chi connectivity index (χ2n) is 7.35. The molecular weight excluding hydrogens is 379 g/mol. The fourth-order valence-corrected chi connectivity index (χ4v) is 3.66. The first-order valence-corrected chi connectivity index (χ1v) is 9.73. The van der Waals surface area contributed by atoms with E-state index in [-0.39, 0.29) is 11.7 Å². The Bertz CT molecular complexity index is 1150. The number of nitrogens with zero attached hydrogens (tertiary/aromatic N) is 3. The first kappa shape index (κ1) is 19.6. The zero-order valence-electron chi connectivity index (χ0n) is 17.1. The molecule has 4 rings (SSSR count). The van der Waals surface area contributed by atoms with Crippen LogP contribution in [0.3, 0.4) is 0 Å². The smallest absolute Gasteiger partial charge is 0.252 e. The lowest BCUT2D eigenvalue weighted by molar-refractivity contribution is 0.0941. The summed E-state index contributed by atoms with van der Waals surface area (Å²) in [4.78, 5) is 17.4. The summed E-state index contributed by atoms with van der Waals surface area (Å²) in [6, 6.07) is 17.2. The molecule has 1 N–H and O–H groups in total. The van der Waals surface area contributed by atoms with Gasteiger partial charge in [0.25, 0.3) is 5.91 Å². The topological polar surface area (TPSA) is 51.9 Å². The van der Waals surface area contributed by atoms with E-state index in [0.29, 0.717) is 11.4 Å². The van der Waals surface area contributed by atoms with Crippen molar-refractivity contribution in [3.8, 4) is 5.69 Å². The third kappa shape index (κ3) is 3.76. The van der Waals surface area contributed by atoms with Crippen molar-refractivity contribution >= 4 is 5.91 Å². The molecule has 0 saturated carbocycles. The Morgan fingerprint density at radius 1 is 0.967 bits per heavy atom. The van der Waals surface area contributed by atoms with Gasteiger partial charge in [-0.1, -0.05) is 12.1 Å². The fraction of sp³-hybridized carbons (Fsp3) is 0.167. The molecule has 1 amide bonds. The van der Waals surface area contributed by atoms with Crippen LogP contribution in [-0.4, -0.2) is 20.0 Å². The highest BCUT2D eigenvalue weighted by Gasteiger charge is 2.21. The molecule has 4 aromatic rings. The van der Waals surface area contributed by atoms with E-state index in [9.17, 15) is 9.18 Å². The van der Waals surface area contributed by atoms with Crippen LogP contribution in [0.4, 0.5) is 4.39 Å². The average molecular weight is 402 g/mol. The van der Waals surface area contributed by atoms with E-state index in [4.69, 9.17) is 0 Å². The lowest BCUT2D eigenvalue weighted by Gasteiger charge is -2.19. The second-order valence-corrected chi connectivity index (χ2v) is 7.35. The molecule has 0 aliphatic heterocycles. The van der Waals surface area contributed by atoms with Gasteiger partial charge in [-0.2, -0.15) is 0 Å². The standard InChI is InChI=1S/C24H23FN4O/c1-16-4-5-17(2)29(16)21-12-8-19(9-13-21)24(30)27-22(23-26-14-15-28(23)3)18-6-10-20(25)11-7-18/h4-15,22H,1-3H3,(H,27,30)/t22-/m0/s1. The third-order valence-corrected chi connectivity index (χ3v) is 5.25. The van der Waals surface area contributed by atoms with Gasteiger partial charge < -0.3 is 14.5 Å². The van der Waals surface area contributed by atoms with Crippen LogP contribution in [-0.2, 0) is 7.05 Å². The fourth-order valence-electron chi connectivity index (χ4n) is 3.66. The maximum Gasteiger partial charge on any atom is 0.252 e. The van der Waals surface area contributed by atoms with E-state index >= 15 is 0 Å². The minimum Gasteiger partial charge on any atom is -0.338 e. The van der Waals surface area contributed by atoms with Crippen molar-refractivity contribution in [2.24, 2.45) is 7.05 Å². The van der Waals surface area contributed by atoms with E-state index in [1.165, 1.54) is 12.1 Å². The predicted molar refractivity (Wildman–Crippen MR) is 114 cm³/mol. The highest BCUT2D eigenvalue weighted by molar-refractivity contribution is 5.94. The number of benzene rings is 2. The number of nitrogens with one attached hydrogen (secondary N) is 1. The molecule has 6 heteroatoms. The number of imidazole rings is 1. The van der Waals surface area contributed by atoms with Crippen LogP contribution in [0, 0.1) is 19.7 Å². The van der Waals surface area contributed by atoms with Gasteiger partial charge in [0.1, 0.15) is 17.7 Å². The molecule has 0 unspecified atom stereocenters. The van der Waals surface area contributed by atoms with Gasteiger partial charge in [0.05, 0.1) is 0 Å². The summed E-state index contributed by atoms with van der Waals surface area (Å²) < 4.78 is 17.4. The number of aromatic nitrogens is 3. The van der Waals surface area contributed by atoms with Crippen molar-refractivity contribution in [2.75, 3.05) is 0 Å². The molecular formula is C24H23FN4O. The first-order chi connectivity index (χ1) is 14.4. The summed E-state index contributed by atoms with van der Waals surface area (Å²) in [5, 5.41) is 3.04. The van der Waals surface area contributed by atoms with E-state index in [1.54, 1.807) is 18.3 Å². The van der Waals surface area contributed by atoms with Crippen LogP contribution >= 0.6 is 0 Å². The van der Waals surface area contributed by atoms with Crippen LogP contribution < -0.4 is 5.32 Å². The Hall–Kier alpha value is -3.67. The molecule has 0 bridgehead atoms. The van der Waals surface area contributed by atoms with Gasteiger partial charge in [-0.25, -0.2) is 9.37 Å². The van der Waals surface area contributed by atoms with Crippen LogP contribution in [0.15, 0.2) is 73.1 Å². The van der Waals surface area contributed by atoms with Crippen molar-refractivity contribution in [2.45, 2.75) is 19.9 Å². The molecule has 0 aliphatic rings. The Labute approximate surface area is 174 Å². The Morgan fingerprint density at radius 2 is 1.60 bits per heavy atom. The number of halogens is 1. The zero-order chi connectivity index (χ0) is 21.3. The van der Waals surface area contributed by atoms with Crippen molar-refractivity contribution in [1.82, 2.24) is 19.4 Å². The molecule has 0 aliphatic carbocycles. The van der Waals surface area contributed by atoms with Gasteiger partial charge in [0.2, 0.25) is 0 Å². The summed E-state index contributed by atoms with van der Waals surface area (Å²) in [6.07, 6.45) is 3.49. The Morgan fingerprint density at radius 3 is 2.17 bits per heavy atom. The Balaban J connectivity index is 1.61. The molecule has 30 heavy (non-hydrogen) atoms. The van der Waals surface area contributed by atoms with E-state index in [0.717, 1.165) is 22.6 Å². The molecule has 0 spiro atoms. The van der Waals surface area contributed by atoms with Crippen LogP contribution in [0.2, 0.25) is 0 Å². The quantitative estimate of drug-likeness (QED) is 0.535. The minimum atomic E-state index is -0.494. The summed E-state index contributed by atoms with van der Waals surface area (Å²) in [7, 11) is 1.86. The van der Waals surface area contributed by atoms with Gasteiger partial charge >= 0.3 is 0 Å². The number of carbonyl (C=O) groups excluding carboxylic acids is 1. The van der Waals surface area contributed by atoms with Crippen LogP contribution in [0.25, 0.3) is 5.69 Å². The van der Waals surface area contributed by atoms with E-state index < -0.39 is 6.04 Å². The van der Waals surface area contributed by atoms with E-state index in [2.05, 4.69) is 27.0 Å².